The number of hydrogen-bond donors (Lipinski definition) is 3. The lowest BCUT2D eigenvalue weighted by Gasteiger charge is -2.18. The lowest BCUT2D eigenvalue weighted by Crippen LogP contribution is -2.41. The Hall–Kier alpha value is -1.79. The number of carboxylic acid groups (broad SMARTS) is 1. The van der Waals surface area contributed by atoms with Gasteiger partial charge in [-0.1, -0.05) is 19.9 Å². The van der Waals surface area contributed by atoms with Crippen LogP contribution in [0.15, 0.2) is 18.2 Å². The molecule has 0 bridgehead atoms. The van der Waals surface area contributed by atoms with Gasteiger partial charge in [-0.15, -0.1) is 0 Å². The molecule has 6 nitrogen and oxygen atoms in total. The Bertz CT molecular complexity index is 461. The van der Waals surface area contributed by atoms with Gasteiger partial charge in [-0.05, 0) is 17.7 Å². The van der Waals surface area contributed by atoms with E-state index in [1.165, 1.54) is 7.11 Å². The Labute approximate surface area is 124 Å². The smallest absolute Gasteiger partial charge is 0.320 e. The van der Waals surface area contributed by atoms with Gasteiger partial charge in [0, 0.05) is 12.5 Å². The highest BCUT2D eigenvalue weighted by Crippen LogP contribution is 2.28. The molecule has 0 fully saturated rings. The molecule has 6 heteroatoms. The molecule has 0 amide bonds. The number of aliphatic carboxylic acids is 1. The number of carboxylic acids is 1. The van der Waals surface area contributed by atoms with E-state index in [0.29, 0.717) is 17.9 Å². The van der Waals surface area contributed by atoms with E-state index >= 15 is 0 Å². The van der Waals surface area contributed by atoms with Gasteiger partial charge in [0.15, 0.2) is 11.5 Å². The highest BCUT2D eigenvalue weighted by atomic mass is 16.5. The van der Waals surface area contributed by atoms with Crippen LogP contribution in [0, 0.1) is 0 Å². The minimum absolute atomic E-state index is 0.0734. The average Bonchev–Trinajstić information content (AvgIpc) is 2.45. The second-order valence-electron chi connectivity index (χ2n) is 4.99. The topological polar surface area (TPSA) is 88.0 Å². The molecular weight excluding hydrogens is 274 g/mol. The first-order chi connectivity index (χ1) is 9.97. The van der Waals surface area contributed by atoms with Crippen LogP contribution < -0.4 is 14.8 Å². The van der Waals surface area contributed by atoms with Crippen molar-refractivity contribution in [2.24, 2.45) is 0 Å². The van der Waals surface area contributed by atoms with Crippen LogP contribution in [0.3, 0.4) is 0 Å². The fourth-order valence-corrected chi connectivity index (χ4v) is 1.90. The second-order valence-corrected chi connectivity index (χ2v) is 4.99. The zero-order valence-electron chi connectivity index (χ0n) is 12.6. The van der Waals surface area contributed by atoms with E-state index in [0.717, 1.165) is 5.56 Å². The van der Waals surface area contributed by atoms with Crippen molar-refractivity contribution in [2.45, 2.75) is 39.0 Å². The molecule has 21 heavy (non-hydrogen) atoms. The molecule has 118 valence electrons. The SMILES string of the molecule is COc1cc(CO)ccc1OCCC(NC(C)C)C(=O)O. The highest BCUT2D eigenvalue weighted by molar-refractivity contribution is 5.73. The molecule has 1 rings (SSSR count). The number of aliphatic hydroxyl groups excluding tert-OH is 1. The number of nitrogens with one attached hydrogen (secondary N) is 1. The van der Waals surface area contributed by atoms with Crippen LogP contribution in [0.2, 0.25) is 0 Å². The van der Waals surface area contributed by atoms with Gasteiger partial charge in [0.2, 0.25) is 0 Å². The Kier molecular flexibility index (Phi) is 6.98. The van der Waals surface area contributed by atoms with E-state index in [4.69, 9.17) is 19.7 Å². The lowest BCUT2D eigenvalue weighted by molar-refractivity contribution is -0.140. The average molecular weight is 297 g/mol. The summed E-state index contributed by atoms with van der Waals surface area (Å²) in [7, 11) is 1.52. The first-order valence-corrected chi connectivity index (χ1v) is 6.87. The highest BCUT2D eigenvalue weighted by Gasteiger charge is 2.18. The number of hydrogen-bond acceptors (Lipinski definition) is 5. The summed E-state index contributed by atoms with van der Waals surface area (Å²) in [5, 5.41) is 21.2. The Morgan fingerprint density at radius 3 is 2.57 bits per heavy atom. The molecule has 0 radical (unpaired) electrons. The fraction of sp³-hybridized carbons (Fsp3) is 0.533. The summed E-state index contributed by atoms with van der Waals surface area (Å²) in [4.78, 5) is 11.1. The van der Waals surface area contributed by atoms with E-state index in [1.54, 1.807) is 18.2 Å². The molecule has 0 heterocycles. The molecule has 1 aromatic rings. The zero-order valence-corrected chi connectivity index (χ0v) is 12.6. The van der Waals surface area contributed by atoms with Crippen LogP contribution in [0.1, 0.15) is 25.8 Å². The fourth-order valence-electron chi connectivity index (χ4n) is 1.90. The van der Waals surface area contributed by atoms with Gasteiger partial charge >= 0.3 is 5.97 Å². The number of benzene rings is 1. The van der Waals surface area contributed by atoms with Gasteiger partial charge in [-0.2, -0.15) is 0 Å². The van der Waals surface area contributed by atoms with Crippen LogP contribution >= 0.6 is 0 Å². The number of rotatable bonds is 9. The number of aliphatic hydroxyl groups is 1. The van der Waals surface area contributed by atoms with Gasteiger partial charge in [0.05, 0.1) is 20.3 Å². The third-order valence-corrected chi connectivity index (χ3v) is 2.91. The Morgan fingerprint density at radius 2 is 2.05 bits per heavy atom. The van der Waals surface area contributed by atoms with Crippen molar-refractivity contribution >= 4 is 5.97 Å². The first kappa shape index (κ1) is 17.3. The van der Waals surface area contributed by atoms with Crippen LogP contribution in [0.25, 0.3) is 0 Å². The summed E-state index contributed by atoms with van der Waals surface area (Å²) in [6.45, 7) is 3.97. The molecule has 1 atom stereocenters. The third-order valence-electron chi connectivity index (χ3n) is 2.91. The van der Waals surface area contributed by atoms with E-state index in [-0.39, 0.29) is 19.3 Å². The summed E-state index contributed by atoms with van der Waals surface area (Å²) < 4.78 is 10.8. The largest absolute Gasteiger partial charge is 0.493 e. The maximum Gasteiger partial charge on any atom is 0.320 e. The van der Waals surface area contributed by atoms with E-state index in [2.05, 4.69) is 5.32 Å². The van der Waals surface area contributed by atoms with Gasteiger partial charge < -0.3 is 25.0 Å². The summed E-state index contributed by atoms with van der Waals surface area (Å²) in [6, 6.07) is 4.57. The molecule has 0 spiro atoms. The van der Waals surface area contributed by atoms with Crippen LogP contribution in [-0.4, -0.2) is 42.0 Å². The van der Waals surface area contributed by atoms with E-state index in [9.17, 15) is 4.79 Å². The van der Waals surface area contributed by atoms with Gasteiger partial charge in [0.1, 0.15) is 6.04 Å². The van der Waals surface area contributed by atoms with E-state index in [1.807, 2.05) is 13.8 Å². The maximum absolute atomic E-state index is 11.1. The molecule has 0 saturated carbocycles. The van der Waals surface area contributed by atoms with Crippen molar-refractivity contribution in [3.05, 3.63) is 23.8 Å². The standard InChI is InChI=1S/C15H23NO5/c1-10(2)16-12(15(18)19)6-7-21-13-5-4-11(9-17)8-14(13)20-3/h4-5,8,10,12,16-17H,6-7,9H2,1-3H3,(H,18,19). The molecule has 0 aliphatic carbocycles. The first-order valence-electron chi connectivity index (χ1n) is 6.87. The van der Waals surface area contributed by atoms with Gasteiger partial charge in [-0.25, -0.2) is 0 Å². The van der Waals surface area contributed by atoms with Crippen molar-refractivity contribution in [1.82, 2.24) is 5.32 Å². The van der Waals surface area contributed by atoms with Crippen LogP contribution in [0.4, 0.5) is 0 Å². The molecule has 0 aliphatic rings. The molecular formula is C15H23NO5. The predicted octanol–water partition coefficient (Wildman–Crippen LogP) is 1.41. The molecule has 1 unspecified atom stereocenters. The van der Waals surface area contributed by atoms with Crippen molar-refractivity contribution in [2.75, 3.05) is 13.7 Å². The normalized spacial score (nSPS) is 12.2. The summed E-state index contributed by atoms with van der Waals surface area (Å²) in [5.41, 5.74) is 0.726. The Morgan fingerprint density at radius 1 is 1.33 bits per heavy atom. The van der Waals surface area contributed by atoms with Crippen molar-refractivity contribution in [3.63, 3.8) is 0 Å². The number of carbonyl (C=O) groups is 1. The molecule has 0 aliphatic heterocycles. The third kappa shape index (κ3) is 5.61. The quantitative estimate of drug-likeness (QED) is 0.639. The van der Waals surface area contributed by atoms with Crippen molar-refractivity contribution in [1.29, 1.82) is 0 Å². The monoisotopic (exact) mass is 297 g/mol. The number of methoxy groups -OCH3 is 1. The predicted molar refractivity (Wildman–Crippen MR) is 78.7 cm³/mol. The van der Waals surface area contributed by atoms with Crippen molar-refractivity contribution < 1.29 is 24.5 Å². The van der Waals surface area contributed by atoms with Gasteiger partial charge in [-0.3, -0.25) is 4.79 Å². The molecule has 0 aromatic heterocycles. The van der Waals surface area contributed by atoms with Gasteiger partial charge in [0.25, 0.3) is 0 Å². The molecule has 3 N–H and O–H groups in total. The minimum Gasteiger partial charge on any atom is -0.493 e. The summed E-state index contributed by atoms with van der Waals surface area (Å²) in [6.07, 6.45) is 0.346. The molecule has 0 saturated heterocycles. The van der Waals surface area contributed by atoms with Crippen LogP contribution in [0.5, 0.6) is 11.5 Å². The maximum atomic E-state index is 11.1. The second kappa shape index (κ2) is 8.49. The van der Waals surface area contributed by atoms with E-state index < -0.39 is 12.0 Å². The lowest BCUT2D eigenvalue weighted by atomic mass is 10.2. The van der Waals surface area contributed by atoms with Crippen LogP contribution in [-0.2, 0) is 11.4 Å². The number of ether oxygens (including phenoxy) is 2. The zero-order chi connectivity index (χ0) is 15.8. The summed E-state index contributed by atoms with van der Waals surface area (Å²) in [5.74, 6) is 0.156. The minimum atomic E-state index is -0.894. The molecule has 1 aromatic carbocycles. The van der Waals surface area contributed by atoms with Crippen molar-refractivity contribution in [3.8, 4) is 11.5 Å². The Balaban J connectivity index is 2.60. The summed E-state index contributed by atoms with van der Waals surface area (Å²) >= 11 is 0.